The van der Waals surface area contributed by atoms with Crippen LogP contribution in [0.5, 0.6) is 0 Å². The van der Waals surface area contributed by atoms with Crippen molar-refractivity contribution in [3.63, 3.8) is 0 Å². The van der Waals surface area contributed by atoms with Gasteiger partial charge in [-0.25, -0.2) is 0 Å². The molecule has 0 saturated carbocycles. The summed E-state index contributed by atoms with van der Waals surface area (Å²) in [7, 11) is 0. The quantitative estimate of drug-likeness (QED) is 0.245. The molecule has 0 aromatic heterocycles. The van der Waals surface area contributed by atoms with E-state index in [1.54, 1.807) is 11.1 Å². The van der Waals surface area contributed by atoms with Gasteiger partial charge in [-0.2, -0.15) is 0 Å². The number of aryl methyl sites for hydroxylation is 2. The minimum absolute atomic E-state index is 1.24. The van der Waals surface area contributed by atoms with E-state index in [0.29, 0.717) is 0 Å². The van der Waals surface area contributed by atoms with E-state index >= 15 is 0 Å². The number of unbranched alkanes of at least 4 members (excludes halogenated alkanes) is 11. The standard InChI is InChI=1S/C26H45/c1-4-7-9-10-11-12-13-14-15-17-20-25-22-18-21-24(19-6-3)26(25)23-16-8-5-2/h18,21H,4-17,19-20,23H2,1-3H3. The highest BCUT2D eigenvalue weighted by Gasteiger charge is 2.08. The third-order valence-electron chi connectivity index (χ3n) is 5.62. The Morgan fingerprint density at radius 1 is 0.577 bits per heavy atom. The normalized spacial score (nSPS) is 11.2. The van der Waals surface area contributed by atoms with E-state index in [1.165, 1.54) is 115 Å². The Balaban J connectivity index is 2.31. The molecule has 1 rings (SSSR count). The van der Waals surface area contributed by atoms with Gasteiger partial charge in [0, 0.05) is 0 Å². The van der Waals surface area contributed by atoms with Crippen molar-refractivity contribution in [2.75, 3.05) is 0 Å². The Hall–Kier alpha value is -0.780. The average molecular weight is 358 g/mol. The summed E-state index contributed by atoms with van der Waals surface area (Å²) in [5, 5.41) is 0. The molecule has 0 saturated heterocycles. The lowest BCUT2D eigenvalue weighted by atomic mass is 9.91. The second kappa shape index (κ2) is 16.4. The molecule has 1 aromatic rings. The Labute approximate surface area is 165 Å². The van der Waals surface area contributed by atoms with Crippen LogP contribution in [0.1, 0.15) is 127 Å². The van der Waals surface area contributed by atoms with Crippen molar-refractivity contribution in [1.29, 1.82) is 0 Å². The molecule has 0 amide bonds. The fourth-order valence-electron chi connectivity index (χ4n) is 4.00. The van der Waals surface area contributed by atoms with Crippen molar-refractivity contribution in [2.45, 2.75) is 130 Å². The van der Waals surface area contributed by atoms with Gasteiger partial charge < -0.3 is 0 Å². The summed E-state index contributed by atoms with van der Waals surface area (Å²) < 4.78 is 0. The number of benzene rings is 1. The average Bonchev–Trinajstić information content (AvgIpc) is 2.65. The van der Waals surface area contributed by atoms with Crippen molar-refractivity contribution in [3.05, 3.63) is 34.9 Å². The molecule has 0 aliphatic heterocycles. The van der Waals surface area contributed by atoms with E-state index in [1.807, 2.05) is 0 Å². The lowest BCUT2D eigenvalue weighted by Crippen LogP contribution is -2.01. The fraction of sp³-hybridized carbons (Fsp3) is 0.769. The van der Waals surface area contributed by atoms with E-state index in [4.69, 9.17) is 0 Å². The molecule has 0 aliphatic rings. The first-order chi connectivity index (χ1) is 12.8. The molecule has 0 fully saturated rings. The van der Waals surface area contributed by atoms with Crippen molar-refractivity contribution in [3.8, 4) is 0 Å². The summed E-state index contributed by atoms with van der Waals surface area (Å²) in [4.78, 5) is 0. The first-order valence-electron chi connectivity index (χ1n) is 11.8. The molecule has 1 radical (unpaired) electrons. The van der Waals surface area contributed by atoms with Crippen LogP contribution >= 0.6 is 0 Å². The first-order valence-corrected chi connectivity index (χ1v) is 11.8. The van der Waals surface area contributed by atoms with Gasteiger partial charge >= 0.3 is 0 Å². The molecule has 0 bridgehead atoms. The van der Waals surface area contributed by atoms with Gasteiger partial charge in [0.2, 0.25) is 0 Å². The fourth-order valence-corrected chi connectivity index (χ4v) is 4.00. The molecule has 1 aromatic carbocycles. The Morgan fingerprint density at radius 3 is 1.73 bits per heavy atom. The van der Waals surface area contributed by atoms with Crippen LogP contribution < -0.4 is 0 Å². The predicted molar refractivity (Wildman–Crippen MR) is 118 cm³/mol. The minimum atomic E-state index is 1.24. The van der Waals surface area contributed by atoms with Crippen molar-refractivity contribution in [2.24, 2.45) is 0 Å². The summed E-state index contributed by atoms with van der Waals surface area (Å²) in [6, 6.07) is 8.10. The highest BCUT2D eigenvalue weighted by atomic mass is 14.1. The van der Waals surface area contributed by atoms with Gasteiger partial charge in [-0.15, -0.1) is 0 Å². The molecule has 0 aliphatic carbocycles. The largest absolute Gasteiger partial charge is 0.0654 e. The van der Waals surface area contributed by atoms with E-state index in [2.05, 4.69) is 39.0 Å². The molecular weight excluding hydrogens is 312 g/mol. The lowest BCUT2D eigenvalue weighted by Gasteiger charge is -2.14. The van der Waals surface area contributed by atoms with Gasteiger partial charge in [0.15, 0.2) is 0 Å². The van der Waals surface area contributed by atoms with Crippen LogP contribution in [-0.2, 0) is 19.3 Å². The van der Waals surface area contributed by atoms with E-state index in [9.17, 15) is 0 Å². The third kappa shape index (κ3) is 10.4. The van der Waals surface area contributed by atoms with Gasteiger partial charge in [0.1, 0.15) is 0 Å². The van der Waals surface area contributed by atoms with Crippen LogP contribution in [0.25, 0.3) is 0 Å². The molecule has 0 N–H and O–H groups in total. The molecule has 26 heavy (non-hydrogen) atoms. The topological polar surface area (TPSA) is 0 Å². The maximum atomic E-state index is 3.59. The van der Waals surface area contributed by atoms with Gasteiger partial charge in [-0.05, 0) is 54.9 Å². The molecule has 0 heteroatoms. The van der Waals surface area contributed by atoms with E-state index < -0.39 is 0 Å². The third-order valence-corrected chi connectivity index (χ3v) is 5.62. The summed E-state index contributed by atoms with van der Waals surface area (Å²) in [5.74, 6) is 0. The molecule has 149 valence electrons. The van der Waals surface area contributed by atoms with Crippen LogP contribution in [0.3, 0.4) is 0 Å². The summed E-state index contributed by atoms with van der Waals surface area (Å²) >= 11 is 0. The predicted octanol–water partition coefficient (Wildman–Crippen LogP) is 8.64. The monoisotopic (exact) mass is 357 g/mol. The number of hydrogen-bond acceptors (Lipinski definition) is 0. The second-order valence-corrected chi connectivity index (χ2v) is 8.10. The minimum Gasteiger partial charge on any atom is -0.0654 e. The summed E-state index contributed by atoms with van der Waals surface area (Å²) in [6.45, 7) is 6.90. The molecule has 0 spiro atoms. The summed E-state index contributed by atoms with van der Waals surface area (Å²) in [5.41, 5.74) is 4.79. The lowest BCUT2D eigenvalue weighted by molar-refractivity contribution is 0.556. The van der Waals surface area contributed by atoms with Gasteiger partial charge in [0.25, 0.3) is 0 Å². The van der Waals surface area contributed by atoms with Gasteiger partial charge in [-0.3, -0.25) is 0 Å². The van der Waals surface area contributed by atoms with E-state index in [0.717, 1.165) is 0 Å². The number of rotatable bonds is 17. The van der Waals surface area contributed by atoms with Gasteiger partial charge in [0.05, 0.1) is 0 Å². The zero-order chi connectivity index (χ0) is 18.9. The van der Waals surface area contributed by atoms with Crippen LogP contribution in [0.2, 0.25) is 0 Å². The van der Waals surface area contributed by atoms with E-state index in [-0.39, 0.29) is 0 Å². The number of hydrogen-bond donors (Lipinski definition) is 0. The molecule has 0 heterocycles. The molecule has 0 nitrogen and oxygen atoms in total. The Kier molecular flexibility index (Phi) is 14.7. The van der Waals surface area contributed by atoms with Crippen LogP contribution in [0.15, 0.2) is 12.1 Å². The second-order valence-electron chi connectivity index (χ2n) is 8.10. The highest BCUT2D eigenvalue weighted by molar-refractivity contribution is 5.35. The zero-order valence-corrected chi connectivity index (χ0v) is 18.2. The SMILES string of the molecule is CCCCCCCCCCCCc1[c]ccc(CCC)c1CCCCC. The van der Waals surface area contributed by atoms with Crippen LogP contribution in [0, 0.1) is 6.07 Å². The summed E-state index contributed by atoms with van der Waals surface area (Å²) in [6.07, 6.45) is 23.2. The van der Waals surface area contributed by atoms with Gasteiger partial charge in [-0.1, -0.05) is 110 Å². The zero-order valence-electron chi connectivity index (χ0n) is 18.2. The van der Waals surface area contributed by atoms with Crippen LogP contribution in [0.4, 0.5) is 0 Å². The Morgan fingerprint density at radius 2 is 1.12 bits per heavy atom. The first kappa shape index (κ1) is 23.3. The smallest absolute Gasteiger partial charge is 0.0146 e. The van der Waals surface area contributed by atoms with Crippen LogP contribution in [-0.4, -0.2) is 0 Å². The molecule has 0 atom stereocenters. The Bertz CT molecular complexity index is 432. The molecule has 0 unspecified atom stereocenters. The van der Waals surface area contributed by atoms with Crippen molar-refractivity contribution >= 4 is 0 Å². The highest BCUT2D eigenvalue weighted by Crippen LogP contribution is 2.22. The maximum Gasteiger partial charge on any atom is -0.0146 e. The van der Waals surface area contributed by atoms with Crippen molar-refractivity contribution in [1.82, 2.24) is 0 Å². The van der Waals surface area contributed by atoms with Crippen molar-refractivity contribution < 1.29 is 0 Å². The maximum absolute atomic E-state index is 3.59. The molecular formula is C26H45.